The Hall–Kier alpha value is -2.43. The van der Waals surface area contributed by atoms with Gasteiger partial charge in [0.2, 0.25) is 0 Å². The predicted octanol–water partition coefficient (Wildman–Crippen LogP) is 4.99. The number of anilines is 2. The minimum atomic E-state index is -0.230. The monoisotopic (exact) mass is 352 g/mol. The largest absolute Gasteiger partial charge is 0.366 e. The Morgan fingerprint density at radius 1 is 1.04 bits per heavy atom. The van der Waals surface area contributed by atoms with Crippen LogP contribution in [0, 0.1) is 0 Å². The van der Waals surface area contributed by atoms with Crippen LogP contribution in [0.3, 0.4) is 0 Å². The number of hydrogen-bond acceptors (Lipinski definition) is 4. The topological polar surface area (TPSA) is 66.9 Å². The van der Waals surface area contributed by atoms with Gasteiger partial charge in [0.15, 0.2) is 0 Å². The van der Waals surface area contributed by atoms with Crippen LogP contribution in [0.2, 0.25) is 0 Å². The van der Waals surface area contributed by atoms with Crippen LogP contribution in [0.5, 0.6) is 0 Å². The fourth-order valence-electron chi connectivity index (χ4n) is 3.45. The molecule has 1 heterocycles. The van der Waals surface area contributed by atoms with Crippen LogP contribution in [0.15, 0.2) is 36.7 Å². The second-order valence-corrected chi connectivity index (χ2v) is 7.32. The molecule has 1 aromatic heterocycles. The normalized spacial score (nSPS) is 15.5. The van der Waals surface area contributed by atoms with Crippen molar-refractivity contribution < 1.29 is 4.79 Å². The van der Waals surface area contributed by atoms with Gasteiger partial charge in [0.05, 0.1) is 12.4 Å². The van der Waals surface area contributed by atoms with E-state index in [9.17, 15) is 4.79 Å². The molecular weight excluding hydrogens is 324 g/mol. The maximum Gasteiger partial charge on any atom is 0.275 e. The van der Waals surface area contributed by atoms with E-state index < -0.39 is 0 Å². The third-order valence-electron chi connectivity index (χ3n) is 4.92. The first-order chi connectivity index (χ1) is 12.6. The van der Waals surface area contributed by atoms with E-state index in [0.29, 0.717) is 17.7 Å². The highest BCUT2D eigenvalue weighted by atomic mass is 16.1. The summed E-state index contributed by atoms with van der Waals surface area (Å²) < 4.78 is 0. The number of nitrogens with zero attached hydrogens (tertiary/aromatic N) is 2. The van der Waals surface area contributed by atoms with Crippen LogP contribution >= 0.6 is 0 Å². The van der Waals surface area contributed by atoms with Crippen molar-refractivity contribution in [3.63, 3.8) is 0 Å². The lowest BCUT2D eigenvalue weighted by Gasteiger charge is -2.16. The lowest BCUT2D eigenvalue weighted by molar-refractivity contribution is 0.102. The van der Waals surface area contributed by atoms with Gasteiger partial charge < -0.3 is 10.6 Å². The van der Waals surface area contributed by atoms with Crippen LogP contribution in [0.4, 0.5) is 11.5 Å². The number of rotatable bonds is 5. The van der Waals surface area contributed by atoms with Gasteiger partial charge in [-0.05, 0) is 30.4 Å². The molecule has 0 aliphatic heterocycles. The molecule has 5 heteroatoms. The highest BCUT2D eigenvalue weighted by Gasteiger charge is 2.15. The smallest absolute Gasteiger partial charge is 0.275 e. The maximum absolute atomic E-state index is 12.5. The van der Waals surface area contributed by atoms with Crippen molar-refractivity contribution in [2.75, 3.05) is 10.6 Å². The fraction of sp³-hybridized carbons (Fsp3) is 0.476. The van der Waals surface area contributed by atoms with Gasteiger partial charge in [0.25, 0.3) is 5.91 Å². The van der Waals surface area contributed by atoms with Crippen molar-refractivity contribution in [2.45, 2.75) is 64.3 Å². The molecule has 0 spiro atoms. The number of carbonyl (C=O) groups excluding carboxylic acids is 1. The molecule has 0 atom stereocenters. The summed E-state index contributed by atoms with van der Waals surface area (Å²) in [5.74, 6) is 0.853. The molecule has 1 aliphatic carbocycles. The van der Waals surface area contributed by atoms with Crippen LogP contribution in [-0.4, -0.2) is 21.9 Å². The Labute approximate surface area is 155 Å². The molecule has 0 unspecified atom stereocenters. The SMILES string of the molecule is CC(C)c1ccccc1NC(=O)c1cnc(NC2CCCCCC2)cn1. The zero-order chi connectivity index (χ0) is 18.4. The summed E-state index contributed by atoms with van der Waals surface area (Å²) in [4.78, 5) is 21.2. The first-order valence-electron chi connectivity index (χ1n) is 9.62. The van der Waals surface area contributed by atoms with Crippen LogP contribution in [0.1, 0.15) is 74.3 Å². The second kappa shape index (κ2) is 8.79. The number of para-hydroxylation sites is 1. The van der Waals surface area contributed by atoms with Crippen LogP contribution < -0.4 is 10.6 Å². The van der Waals surface area contributed by atoms with Crippen LogP contribution in [0.25, 0.3) is 0 Å². The molecule has 0 saturated heterocycles. The Kier molecular flexibility index (Phi) is 6.21. The van der Waals surface area contributed by atoms with Gasteiger partial charge in [-0.1, -0.05) is 57.7 Å². The lowest BCUT2D eigenvalue weighted by atomic mass is 10.0. The zero-order valence-electron chi connectivity index (χ0n) is 15.7. The number of aromatic nitrogens is 2. The molecule has 1 fully saturated rings. The first kappa shape index (κ1) is 18.4. The van der Waals surface area contributed by atoms with Gasteiger partial charge >= 0.3 is 0 Å². The number of carbonyl (C=O) groups is 1. The summed E-state index contributed by atoms with van der Waals surface area (Å²) in [6.07, 6.45) is 10.7. The molecule has 1 saturated carbocycles. The molecule has 1 amide bonds. The number of nitrogens with one attached hydrogen (secondary N) is 2. The van der Waals surface area contributed by atoms with E-state index in [0.717, 1.165) is 17.1 Å². The predicted molar refractivity (Wildman–Crippen MR) is 106 cm³/mol. The molecule has 1 aliphatic rings. The van der Waals surface area contributed by atoms with E-state index in [-0.39, 0.29) is 5.91 Å². The molecule has 2 N–H and O–H groups in total. The molecule has 0 radical (unpaired) electrons. The molecular formula is C21H28N4O. The van der Waals surface area contributed by atoms with Crippen molar-refractivity contribution in [3.8, 4) is 0 Å². The summed E-state index contributed by atoms with van der Waals surface area (Å²) in [6, 6.07) is 8.32. The van der Waals surface area contributed by atoms with Gasteiger partial charge in [0.1, 0.15) is 11.5 Å². The quantitative estimate of drug-likeness (QED) is 0.744. The first-order valence-corrected chi connectivity index (χ1v) is 9.62. The second-order valence-electron chi connectivity index (χ2n) is 7.32. The van der Waals surface area contributed by atoms with E-state index >= 15 is 0 Å². The van der Waals surface area contributed by atoms with E-state index in [1.54, 1.807) is 12.4 Å². The van der Waals surface area contributed by atoms with Crippen molar-refractivity contribution in [1.29, 1.82) is 0 Å². The molecule has 1 aromatic carbocycles. The van der Waals surface area contributed by atoms with Gasteiger partial charge in [-0.2, -0.15) is 0 Å². The standard InChI is InChI=1S/C21H28N4O/c1-15(2)17-11-7-8-12-18(17)25-21(26)19-13-23-20(14-22-19)24-16-9-5-3-4-6-10-16/h7-8,11-16H,3-6,9-10H2,1-2H3,(H,23,24)(H,25,26). The summed E-state index contributed by atoms with van der Waals surface area (Å²) >= 11 is 0. The Morgan fingerprint density at radius 2 is 1.77 bits per heavy atom. The molecule has 138 valence electrons. The van der Waals surface area contributed by atoms with Crippen molar-refractivity contribution in [3.05, 3.63) is 47.9 Å². The third-order valence-corrected chi connectivity index (χ3v) is 4.92. The Bertz CT molecular complexity index is 719. The van der Waals surface area contributed by atoms with Gasteiger partial charge in [-0.15, -0.1) is 0 Å². The average molecular weight is 352 g/mol. The van der Waals surface area contributed by atoms with E-state index in [4.69, 9.17) is 0 Å². The van der Waals surface area contributed by atoms with Gasteiger partial charge in [-0.25, -0.2) is 9.97 Å². The van der Waals surface area contributed by atoms with Crippen molar-refractivity contribution in [2.24, 2.45) is 0 Å². The van der Waals surface area contributed by atoms with Crippen LogP contribution in [-0.2, 0) is 0 Å². The minimum absolute atomic E-state index is 0.230. The Balaban J connectivity index is 1.64. The van der Waals surface area contributed by atoms with Gasteiger partial charge in [-0.3, -0.25) is 4.79 Å². The number of amides is 1. The summed E-state index contributed by atoms with van der Waals surface area (Å²) in [6.45, 7) is 4.22. The number of benzene rings is 1. The summed E-state index contributed by atoms with van der Waals surface area (Å²) in [5.41, 5.74) is 2.27. The van der Waals surface area contributed by atoms with E-state index in [2.05, 4.69) is 34.4 Å². The summed E-state index contributed by atoms with van der Waals surface area (Å²) in [5, 5.41) is 6.41. The highest BCUT2D eigenvalue weighted by Crippen LogP contribution is 2.24. The van der Waals surface area contributed by atoms with Crippen molar-refractivity contribution in [1.82, 2.24) is 9.97 Å². The third kappa shape index (κ3) is 4.81. The lowest BCUT2D eigenvalue weighted by Crippen LogP contribution is -2.20. The van der Waals surface area contributed by atoms with Crippen molar-refractivity contribution >= 4 is 17.4 Å². The highest BCUT2D eigenvalue weighted by molar-refractivity contribution is 6.03. The van der Waals surface area contributed by atoms with E-state index in [1.807, 2.05) is 24.3 Å². The fourth-order valence-corrected chi connectivity index (χ4v) is 3.45. The molecule has 26 heavy (non-hydrogen) atoms. The van der Waals surface area contributed by atoms with E-state index in [1.165, 1.54) is 38.5 Å². The zero-order valence-corrected chi connectivity index (χ0v) is 15.7. The maximum atomic E-state index is 12.5. The molecule has 2 aromatic rings. The molecule has 0 bridgehead atoms. The molecule has 5 nitrogen and oxygen atoms in total. The summed E-state index contributed by atoms with van der Waals surface area (Å²) in [7, 11) is 0. The number of hydrogen-bond donors (Lipinski definition) is 2. The average Bonchev–Trinajstić information content (AvgIpc) is 2.91. The minimum Gasteiger partial charge on any atom is -0.366 e. The van der Waals surface area contributed by atoms with Gasteiger partial charge in [0, 0.05) is 11.7 Å². The Morgan fingerprint density at radius 3 is 2.42 bits per heavy atom. The molecule has 3 rings (SSSR count).